The molecule has 0 bridgehead atoms. The summed E-state index contributed by atoms with van der Waals surface area (Å²) in [5, 5.41) is 3.02. The Balaban J connectivity index is 4.16. The highest BCUT2D eigenvalue weighted by Crippen LogP contribution is 2.07. The van der Waals surface area contributed by atoms with Gasteiger partial charge in [0.15, 0.2) is 5.91 Å². The predicted molar refractivity (Wildman–Crippen MR) is 96.0 cm³/mol. The molecular formula is C14H23B4N3O3. The summed E-state index contributed by atoms with van der Waals surface area (Å²) in [4.78, 5) is 34.8. The van der Waals surface area contributed by atoms with Crippen molar-refractivity contribution >= 4 is 49.5 Å². The van der Waals surface area contributed by atoms with Crippen molar-refractivity contribution in [2.75, 3.05) is 6.54 Å². The van der Waals surface area contributed by atoms with Crippen LogP contribution in [-0.2, 0) is 14.4 Å². The molecule has 8 radical (unpaired) electrons. The molecular weight excluding hydrogens is 301 g/mol. The monoisotopic (exact) mass is 325 g/mol. The van der Waals surface area contributed by atoms with Crippen molar-refractivity contribution in [1.29, 1.82) is 0 Å². The number of unbranched alkanes of at least 4 members (excludes halogenated alkanes) is 2. The van der Waals surface area contributed by atoms with Gasteiger partial charge in [0.2, 0.25) is 37.8 Å². The van der Waals surface area contributed by atoms with Gasteiger partial charge >= 0.3 is 0 Å². The molecule has 0 spiro atoms. The van der Waals surface area contributed by atoms with E-state index < -0.39 is 17.9 Å². The fourth-order valence-electron chi connectivity index (χ4n) is 2.06. The van der Waals surface area contributed by atoms with Crippen molar-refractivity contribution in [1.82, 2.24) is 14.8 Å². The highest BCUT2D eigenvalue weighted by Gasteiger charge is 2.20. The number of hydrogen-bond donors (Lipinski definition) is 1. The van der Waals surface area contributed by atoms with Crippen molar-refractivity contribution in [2.24, 2.45) is 5.92 Å². The van der Waals surface area contributed by atoms with Crippen LogP contribution in [0.5, 0.6) is 0 Å². The SMILES string of the molecule is [B]N([B])C(=O)CC[C@H](NCCCCCC(=O)C(C)C)C(=O)N([B])[B]. The van der Waals surface area contributed by atoms with Gasteiger partial charge in [-0.1, -0.05) is 20.3 Å². The van der Waals surface area contributed by atoms with Gasteiger partial charge < -0.3 is 14.8 Å². The van der Waals surface area contributed by atoms with Gasteiger partial charge in [-0.2, -0.15) is 0 Å². The normalized spacial score (nSPS) is 12.0. The third kappa shape index (κ3) is 9.85. The van der Waals surface area contributed by atoms with E-state index in [1.165, 1.54) is 0 Å². The van der Waals surface area contributed by atoms with Gasteiger partial charge in [0, 0.05) is 18.8 Å². The lowest BCUT2D eigenvalue weighted by molar-refractivity contribution is -0.126. The Morgan fingerprint density at radius 1 is 0.917 bits per heavy atom. The number of ketones is 1. The maximum absolute atomic E-state index is 11.9. The number of nitrogens with one attached hydrogen (secondary N) is 1. The second kappa shape index (κ2) is 12.2. The van der Waals surface area contributed by atoms with E-state index >= 15 is 0 Å². The van der Waals surface area contributed by atoms with Crippen LogP contribution in [-0.4, -0.2) is 71.6 Å². The summed E-state index contributed by atoms with van der Waals surface area (Å²) >= 11 is 0. The first-order valence-electron chi connectivity index (χ1n) is 8.08. The molecule has 6 nitrogen and oxygen atoms in total. The fraction of sp³-hybridized carbons (Fsp3) is 0.786. The minimum absolute atomic E-state index is 0.00681. The van der Waals surface area contributed by atoms with Crippen molar-refractivity contribution in [3.63, 3.8) is 0 Å². The first-order valence-corrected chi connectivity index (χ1v) is 8.08. The maximum atomic E-state index is 11.9. The van der Waals surface area contributed by atoms with Gasteiger partial charge in [-0.3, -0.25) is 14.4 Å². The zero-order valence-corrected chi connectivity index (χ0v) is 14.5. The molecule has 0 aromatic heterocycles. The molecule has 0 aliphatic carbocycles. The summed E-state index contributed by atoms with van der Waals surface area (Å²) in [6, 6.07) is -0.693. The topological polar surface area (TPSA) is 69.7 Å². The predicted octanol–water partition coefficient (Wildman–Crippen LogP) is -0.498. The smallest absolute Gasteiger partial charge is 0.214 e. The molecule has 124 valence electrons. The van der Waals surface area contributed by atoms with E-state index in [2.05, 4.69) is 5.32 Å². The lowest BCUT2D eigenvalue weighted by Crippen LogP contribution is -2.45. The summed E-state index contributed by atoms with van der Waals surface area (Å²) in [5.74, 6) is -0.710. The number of rotatable bonds is 12. The highest BCUT2D eigenvalue weighted by molar-refractivity contribution is 6.35. The second-order valence-electron chi connectivity index (χ2n) is 6.02. The highest BCUT2D eigenvalue weighted by atomic mass is 16.2. The standard InChI is InChI=1S/C14H23B4N3O3/c1-10(2)12(22)6-4-3-5-9-19-11(14(24)21(17)18)7-8-13(23)20(15)16/h10-11,19H,3-9H2,1-2H3/t11-/m0/s1. The Morgan fingerprint density at radius 3 is 2.04 bits per heavy atom. The first kappa shape index (κ1) is 22.8. The molecule has 1 N–H and O–H groups in total. The molecule has 1 atom stereocenters. The number of Topliss-reactive ketones (excluding diaryl/α,β-unsaturated/α-hetero) is 1. The number of amides is 2. The van der Waals surface area contributed by atoms with Gasteiger partial charge in [0.25, 0.3) is 0 Å². The van der Waals surface area contributed by atoms with Gasteiger partial charge in [0.1, 0.15) is 5.78 Å². The quantitative estimate of drug-likeness (QED) is 0.388. The second-order valence-corrected chi connectivity index (χ2v) is 6.02. The van der Waals surface area contributed by atoms with Gasteiger partial charge in [-0.25, -0.2) is 0 Å². The van der Waals surface area contributed by atoms with E-state index in [-0.39, 0.29) is 24.5 Å². The summed E-state index contributed by atoms with van der Waals surface area (Å²) in [6.07, 6.45) is 3.20. The van der Waals surface area contributed by atoms with E-state index in [9.17, 15) is 14.4 Å². The van der Waals surface area contributed by atoms with Crippen LogP contribution in [0.2, 0.25) is 0 Å². The molecule has 0 saturated heterocycles. The lowest BCUT2D eigenvalue weighted by Gasteiger charge is -2.23. The third-order valence-corrected chi connectivity index (χ3v) is 3.62. The van der Waals surface area contributed by atoms with E-state index in [1.807, 2.05) is 13.8 Å². The van der Waals surface area contributed by atoms with Crippen molar-refractivity contribution in [3.8, 4) is 0 Å². The van der Waals surface area contributed by atoms with Crippen molar-refractivity contribution in [3.05, 3.63) is 0 Å². The first-order chi connectivity index (χ1) is 11.2. The maximum Gasteiger partial charge on any atom is 0.214 e. The summed E-state index contributed by atoms with van der Waals surface area (Å²) in [5.41, 5.74) is 0. The van der Waals surface area contributed by atoms with E-state index in [4.69, 9.17) is 31.9 Å². The molecule has 0 aliphatic rings. The van der Waals surface area contributed by atoms with Crippen molar-refractivity contribution < 1.29 is 14.4 Å². The largest absolute Gasteiger partial charge is 0.449 e. The Labute approximate surface area is 150 Å². The van der Waals surface area contributed by atoms with Crippen LogP contribution in [0.25, 0.3) is 0 Å². The Kier molecular flexibility index (Phi) is 11.6. The molecule has 0 fully saturated rings. The Morgan fingerprint density at radius 2 is 1.54 bits per heavy atom. The van der Waals surface area contributed by atoms with Crippen molar-refractivity contribution in [2.45, 2.75) is 58.4 Å². The number of hydrogen-bond acceptors (Lipinski definition) is 4. The molecule has 0 rings (SSSR count). The van der Waals surface area contributed by atoms with Crippen LogP contribution in [0.3, 0.4) is 0 Å². The lowest BCUT2D eigenvalue weighted by atomic mass is 10.0. The Bertz CT molecular complexity index is 420. The molecule has 0 saturated carbocycles. The third-order valence-electron chi connectivity index (χ3n) is 3.62. The minimum atomic E-state index is -0.693. The van der Waals surface area contributed by atoms with Gasteiger partial charge in [0.05, 0.1) is 6.04 Å². The molecule has 0 heterocycles. The zero-order chi connectivity index (χ0) is 18.7. The minimum Gasteiger partial charge on any atom is -0.449 e. The molecule has 2 amide bonds. The van der Waals surface area contributed by atoms with E-state index in [1.54, 1.807) is 0 Å². The summed E-state index contributed by atoms with van der Waals surface area (Å²) in [7, 11) is 20.8. The Hall–Kier alpha value is -1.17. The van der Waals surface area contributed by atoms with Crippen LogP contribution in [0.1, 0.15) is 52.4 Å². The fourth-order valence-corrected chi connectivity index (χ4v) is 2.06. The zero-order valence-electron chi connectivity index (χ0n) is 14.5. The average Bonchev–Trinajstić information content (AvgIpc) is 2.51. The summed E-state index contributed by atoms with van der Waals surface area (Å²) in [6.45, 7) is 4.32. The van der Waals surface area contributed by atoms with E-state index in [0.717, 1.165) is 19.3 Å². The number of carbonyl (C=O) groups excluding carboxylic acids is 3. The summed E-state index contributed by atoms with van der Waals surface area (Å²) < 4.78 is 0.974. The molecule has 10 heteroatoms. The molecule has 0 aromatic rings. The van der Waals surface area contributed by atoms with Crippen LogP contribution in [0.4, 0.5) is 0 Å². The number of nitrogens with zero attached hydrogens (tertiary/aromatic N) is 2. The molecule has 0 unspecified atom stereocenters. The van der Waals surface area contributed by atoms with Crippen LogP contribution in [0.15, 0.2) is 0 Å². The number of carbonyl (C=O) groups is 3. The molecule has 0 aliphatic heterocycles. The van der Waals surface area contributed by atoms with Gasteiger partial charge in [-0.05, 0) is 25.8 Å². The van der Waals surface area contributed by atoms with Crippen LogP contribution < -0.4 is 5.32 Å². The van der Waals surface area contributed by atoms with Gasteiger partial charge in [-0.15, -0.1) is 0 Å². The molecule has 24 heavy (non-hydrogen) atoms. The average molecular weight is 325 g/mol. The molecule has 0 aromatic carbocycles. The van der Waals surface area contributed by atoms with Crippen LogP contribution in [0, 0.1) is 5.92 Å². The van der Waals surface area contributed by atoms with E-state index in [0.29, 0.717) is 22.4 Å². The van der Waals surface area contributed by atoms with Crippen LogP contribution >= 0.6 is 0 Å².